The van der Waals surface area contributed by atoms with E-state index in [1.807, 2.05) is 32.9 Å². The standard InChI is InChI=1S/C26H32N2O2S2/c1-16-11-18(3)24(19(4)12-16)23-15-31-26(27-23)28-9-7-22(8-10-28)32(29,30)25-20(5)13-17(2)14-21(25)6/h11-15,22H,7-10H2,1-6H3. The number of anilines is 1. The number of thiazole rings is 1. The first kappa shape index (κ1) is 23.0. The molecule has 0 N–H and O–H groups in total. The first-order chi connectivity index (χ1) is 15.1. The molecule has 4 rings (SSSR count). The molecular formula is C26H32N2O2S2. The molecule has 0 unspecified atom stereocenters. The van der Waals surface area contributed by atoms with Crippen molar-refractivity contribution in [2.45, 2.75) is 64.5 Å². The molecule has 0 saturated carbocycles. The van der Waals surface area contributed by atoms with Crippen LogP contribution in [0.5, 0.6) is 0 Å². The summed E-state index contributed by atoms with van der Waals surface area (Å²) < 4.78 is 26.9. The van der Waals surface area contributed by atoms with Crippen molar-refractivity contribution in [2.24, 2.45) is 0 Å². The Morgan fingerprint density at radius 3 is 1.88 bits per heavy atom. The van der Waals surface area contributed by atoms with E-state index in [1.54, 1.807) is 11.3 Å². The number of rotatable bonds is 4. The van der Waals surface area contributed by atoms with Crippen LogP contribution in [0.4, 0.5) is 5.13 Å². The van der Waals surface area contributed by atoms with Crippen LogP contribution in [-0.4, -0.2) is 31.7 Å². The van der Waals surface area contributed by atoms with E-state index in [4.69, 9.17) is 4.98 Å². The molecule has 1 aliphatic heterocycles. The smallest absolute Gasteiger partial charge is 0.185 e. The molecule has 0 aliphatic carbocycles. The van der Waals surface area contributed by atoms with E-state index in [9.17, 15) is 8.42 Å². The molecule has 1 saturated heterocycles. The van der Waals surface area contributed by atoms with Gasteiger partial charge in [-0.25, -0.2) is 13.4 Å². The normalized spacial score (nSPS) is 15.4. The molecule has 0 bridgehead atoms. The Bertz CT molecular complexity index is 1220. The summed E-state index contributed by atoms with van der Waals surface area (Å²) in [6, 6.07) is 8.35. The van der Waals surface area contributed by atoms with Gasteiger partial charge in [0.2, 0.25) is 0 Å². The molecule has 1 fully saturated rings. The number of aromatic nitrogens is 1. The Morgan fingerprint density at radius 2 is 1.34 bits per heavy atom. The molecule has 0 amide bonds. The van der Waals surface area contributed by atoms with E-state index < -0.39 is 9.84 Å². The van der Waals surface area contributed by atoms with Gasteiger partial charge in [0.1, 0.15) is 0 Å². The molecule has 2 heterocycles. The van der Waals surface area contributed by atoms with E-state index >= 15 is 0 Å². The van der Waals surface area contributed by atoms with Crippen molar-refractivity contribution in [3.05, 3.63) is 63.0 Å². The Morgan fingerprint density at radius 1 is 0.844 bits per heavy atom. The van der Waals surface area contributed by atoms with E-state index in [0.29, 0.717) is 30.8 Å². The summed E-state index contributed by atoms with van der Waals surface area (Å²) in [5.41, 5.74) is 8.80. The number of aryl methyl sites for hydroxylation is 6. The highest BCUT2D eigenvalue weighted by Crippen LogP contribution is 2.35. The van der Waals surface area contributed by atoms with Crippen LogP contribution in [0.25, 0.3) is 11.3 Å². The molecule has 6 heteroatoms. The summed E-state index contributed by atoms with van der Waals surface area (Å²) in [6.45, 7) is 13.7. The highest BCUT2D eigenvalue weighted by molar-refractivity contribution is 7.92. The van der Waals surface area contributed by atoms with Crippen molar-refractivity contribution < 1.29 is 8.42 Å². The minimum atomic E-state index is -3.34. The third-order valence-electron chi connectivity index (χ3n) is 6.47. The van der Waals surface area contributed by atoms with Gasteiger partial charge in [0.05, 0.1) is 15.8 Å². The van der Waals surface area contributed by atoms with Gasteiger partial charge in [0, 0.05) is 24.0 Å². The van der Waals surface area contributed by atoms with Gasteiger partial charge < -0.3 is 4.90 Å². The minimum absolute atomic E-state index is 0.333. The summed E-state index contributed by atoms with van der Waals surface area (Å²) in [7, 11) is -3.34. The number of benzene rings is 2. The average molecular weight is 469 g/mol. The minimum Gasteiger partial charge on any atom is -0.348 e. The largest absolute Gasteiger partial charge is 0.348 e. The number of sulfone groups is 1. The summed E-state index contributed by atoms with van der Waals surface area (Å²) in [6.07, 6.45) is 1.26. The first-order valence-corrected chi connectivity index (χ1v) is 13.6. The topological polar surface area (TPSA) is 50.3 Å². The fourth-order valence-corrected chi connectivity index (χ4v) is 8.30. The quantitative estimate of drug-likeness (QED) is 0.464. The van der Waals surface area contributed by atoms with Gasteiger partial charge in [0.15, 0.2) is 15.0 Å². The summed E-state index contributed by atoms with van der Waals surface area (Å²) in [5, 5.41) is 2.78. The molecule has 0 radical (unpaired) electrons. The first-order valence-electron chi connectivity index (χ1n) is 11.2. The lowest BCUT2D eigenvalue weighted by Gasteiger charge is -2.32. The third kappa shape index (κ3) is 4.23. The molecule has 0 atom stereocenters. The Balaban J connectivity index is 1.52. The number of hydrogen-bond acceptors (Lipinski definition) is 5. The predicted molar refractivity (Wildman–Crippen MR) is 135 cm³/mol. The lowest BCUT2D eigenvalue weighted by atomic mass is 9.98. The van der Waals surface area contributed by atoms with Crippen molar-refractivity contribution in [1.29, 1.82) is 0 Å². The van der Waals surface area contributed by atoms with Gasteiger partial charge in [-0.2, -0.15) is 0 Å². The average Bonchev–Trinajstić information content (AvgIpc) is 3.16. The predicted octanol–water partition coefficient (Wildman–Crippen LogP) is 6.10. The zero-order chi connectivity index (χ0) is 23.2. The van der Waals surface area contributed by atoms with Crippen molar-refractivity contribution in [3.8, 4) is 11.3 Å². The fraction of sp³-hybridized carbons (Fsp3) is 0.423. The number of hydrogen-bond donors (Lipinski definition) is 0. The highest BCUT2D eigenvalue weighted by atomic mass is 32.2. The molecular weight excluding hydrogens is 436 g/mol. The van der Waals surface area contributed by atoms with Crippen molar-refractivity contribution in [1.82, 2.24) is 4.98 Å². The molecule has 1 aliphatic rings. The van der Waals surface area contributed by atoms with Gasteiger partial charge in [-0.3, -0.25) is 0 Å². The zero-order valence-corrected chi connectivity index (χ0v) is 21.5. The van der Waals surface area contributed by atoms with Crippen LogP contribution in [0.2, 0.25) is 0 Å². The van der Waals surface area contributed by atoms with E-state index in [-0.39, 0.29) is 5.25 Å². The Hall–Kier alpha value is -2.18. The monoisotopic (exact) mass is 468 g/mol. The maximum absolute atomic E-state index is 13.4. The van der Waals surface area contributed by atoms with Gasteiger partial charge in [-0.05, 0) is 76.6 Å². The molecule has 4 nitrogen and oxygen atoms in total. The van der Waals surface area contributed by atoms with Crippen LogP contribution in [0.1, 0.15) is 46.2 Å². The van der Waals surface area contributed by atoms with Gasteiger partial charge in [0.25, 0.3) is 0 Å². The molecule has 2 aromatic carbocycles. The van der Waals surface area contributed by atoms with E-state index in [2.05, 4.69) is 43.2 Å². The van der Waals surface area contributed by atoms with Crippen LogP contribution >= 0.6 is 11.3 Å². The second-order valence-corrected chi connectivity index (χ2v) is 12.2. The summed E-state index contributed by atoms with van der Waals surface area (Å²) >= 11 is 1.65. The Kier molecular flexibility index (Phi) is 6.21. The van der Waals surface area contributed by atoms with Gasteiger partial charge in [-0.1, -0.05) is 35.4 Å². The zero-order valence-electron chi connectivity index (χ0n) is 19.8. The van der Waals surface area contributed by atoms with Crippen LogP contribution < -0.4 is 4.90 Å². The number of nitrogens with zero attached hydrogens (tertiary/aromatic N) is 2. The van der Waals surface area contributed by atoms with Crippen LogP contribution in [0.15, 0.2) is 34.5 Å². The Labute approximate surface area is 196 Å². The van der Waals surface area contributed by atoms with Crippen LogP contribution in [0.3, 0.4) is 0 Å². The van der Waals surface area contributed by atoms with E-state index in [0.717, 1.165) is 27.5 Å². The summed E-state index contributed by atoms with van der Waals surface area (Å²) in [4.78, 5) is 7.71. The molecule has 32 heavy (non-hydrogen) atoms. The summed E-state index contributed by atoms with van der Waals surface area (Å²) in [5.74, 6) is 0. The molecule has 3 aromatic rings. The second-order valence-electron chi connectivity index (χ2n) is 9.25. The van der Waals surface area contributed by atoms with Gasteiger partial charge in [-0.15, -0.1) is 11.3 Å². The molecule has 0 spiro atoms. The highest BCUT2D eigenvalue weighted by Gasteiger charge is 2.34. The maximum Gasteiger partial charge on any atom is 0.185 e. The van der Waals surface area contributed by atoms with Crippen molar-refractivity contribution in [2.75, 3.05) is 18.0 Å². The van der Waals surface area contributed by atoms with Crippen LogP contribution in [-0.2, 0) is 9.84 Å². The third-order valence-corrected chi connectivity index (χ3v) is 9.93. The van der Waals surface area contributed by atoms with Crippen molar-refractivity contribution in [3.63, 3.8) is 0 Å². The van der Waals surface area contributed by atoms with E-state index in [1.165, 1.54) is 22.3 Å². The number of piperidine rings is 1. The lowest BCUT2D eigenvalue weighted by Crippen LogP contribution is -2.39. The molecule has 170 valence electrons. The molecule has 1 aromatic heterocycles. The second kappa shape index (κ2) is 8.64. The maximum atomic E-state index is 13.4. The van der Waals surface area contributed by atoms with Crippen molar-refractivity contribution >= 4 is 26.3 Å². The lowest BCUT2D eigenvalue weighted by molar-refractivity contribution is 0.528. The SMILES string of the molecule is Cc1cc(C)c(-c2csc(N3CCC(S(=O)(=O)c4c(C)cc(C)cc4C)CC3)n2)c(C)c1. The van der Waals surface area contributed by atoms with Crippen LogP contribution in [0, 0.1) is 41.5 Å². The fourth-order valence-electron chi connectivity index (χ4n) is 5.25. The van der Waals surface area contributed by atoms with Gasteiger partial charge >= 0.3 is 0 Å².